The van der Waals surface area contributed by atoms with Crippen molar-refractivity contribution in [3.05, 3.63) is 18.2 Å². The van der Waals surface area contributed by atoms with E-state index in [4.69, 9.17) is 4.74 Å². The average Bonchev–Trinajstić information content (AvgIpc) is 2.51. The first-order chi connectivity index (χ1) is 6.65. The van der Waals surface area contributed by atoms with Gasteiger partial charge in [0.2, 0.25) is 0 Å². The standard InChI is InChI=1S/C10H18N2O2/c1-8(7-14-3)6-9(13)10-11-4-5-12(10)2/h4-5,8-9,13H,6-7H2,1-3H3. The number of aryl methyl sites for hydroxylation is 1. The summed E-state index contributed by atoms with van der Waals surface area (Å²) >= 11 is 0. The molecule has 0 aliphatic heterocycles. The van der Waals surface area contributed by atoms with Gasteiger partial charge >= 0.3 is 0 Å². The number of hydrogen-bond donors (Lipinski definition) is 1. The predicted octanol–water partition coefficient (Wildman–Crippen LogP) is 1.13. The van der Waals surface area contributed by atoms with Crippen LogP contribution in [0.3, 0.4) is 0 Å². The molecule has 2 atom stereocenters. The molecule has 0 radical (unpaired) electrons. The lowest BCUT2D eigenvalue weighted by atomic mass is 10.0. The quantitative estimate of drug-likeness (QED) is 0.771. The fourth-order valence-corrected chi connectivity index (χ4v) is 1.54. The first kappa shape index (κ1) is 11.2. The molecule has 0 aliphatic carbocycles. The number of imidazole rings is 1. The fraction of sp³-hybridized carbons (Fsp3) is 0.700. The molecule has 14 heavy (non-hydrogen) atoms. The largest absolute Gasteiger partial charge is 0.385 e. The maximum atomic E-state index is 9.85. The van der Waals surface area contributed by atoms with E-state index in [9.17, 15) is 5.11 Å². The number of aliphatic hydroxyl groups excluding tert-OH is 1. The molecular formula is C10H18N2O2. The lowest BCUT2D eigenvalue weighted by molar-refractivity contribution is 0.0953. The highest BCUT2D eigenvalue weighted by Gasteiger charge is 2.15. The Morgan fingerprint density at radius 1 is 1.64 bits per heavy atom. The zero-order valence-electron chi connectivity index (χ0n) is 8.97. The molecule has 0 aliphatic rings. The summed E-state index contributed by atoms with van der Waals surface area (Å²) in [7, 11) is 3.55. The second kappa shape index (κ2) is 5.12. The Hall–Kier alpha value is -0.870. The van der Waals surface area contributed by atoms with Crippen LogP contribution in [0.15, 0.2) is 12.4 Å². The molecule has 1 aromatic rings. The maximum Gasteiger partial charge on any atom is 0.137 e. The SMILES string of the molecule is COCC(C)CC(O)c1nccn1C. The highest BCUT2D eigenvalue weighted by molar-refractivity contribution is 4.95. The third kappa shape index (κ3) is 2.82. The summed E-state index contributed by atoms with van der Waals surface area (Å²) < 4.78 is 6.85. The number of rotatable bonds is 5. The van der Waals surface area contributed by atoms with E-state index < -0.39 is 6.10 Å². The third-order valence-electron chi connectivity index (χ3n) is 2.23. The number of hydrogen-bond acceptors (Lipinski definition) is 3. The summed E-state index contributed by atoms with van der Waals surface area (Å²) in [4.78, 5) is 4.10. The van der Waals surface area contributed by atoms with Crippen LogP contribution in [-0.4, -0.2) is 28.4 Å². The van der Waals surface area contributed by atoms with Crippen LogP contribution in [0.25, 0.3) is 0 Å². The van der Waals surface area contributed by atoms with Crippen LogP contribution in [0.5, 0.6) is 0 Å². The van der Waals surface area contributed by atoms with E-state index in [0.29, 0.717) is 24.8 Å². The topological polar surface area (TPSA) is 47.3 Å². The van der Waals surface area contributed by atoms with Crippen LogP contribution in [0.1, 0.15) is 25.3 Å². The van der Waals surface area contributed by atoms with E-state index in [2.05, 4.69) is 11.9 Å². The second-order valence-corrected chi connectivity index (χ2v) is 3.71. The number of methoxy groups -OCH3 is 1. The normalized spacial score (nSPS) is 15.4. The summed E-state index contributed by atoms with van der Waals surface area (Å²) in [5.74, 6) is 1.06. The van der Waals surface area contributed by atoms with Crippen molar-refractivity contribution in [1.29, 1.82) is 0 Å². The van der Waals surface area contributed by atoms with Crippen molar-refractivity contribution in [3.63, 3.8) is 0 Å². The average molecular weight is 198 g/mol. The summed E-state index contributed by atoms with van der Waals surface area (Å²) in [6.45, 7) is 2.72. The Labute approximate surface area is 84.5 Å². The molecule has 0 spiro atoms. The van der Waals surface area contributed by atoms with Crippen LogP contribution in [0.2, 0.25) is 0 Å². The van der Waals surface area contributed by atoms with Crippen LogP contribution in [0.4, 0.5) is 0 Å². The van der Waals surface area contributed by atoms with Crippen molar-refractivity contribution >= 4 is 0 Å². The van der Waals surface area contributed by atoms with Gasteiger partial charge in [-0.3, -0.25) is 0 Å². The van der Waals surface area contributed by atoms with Gasteiger partial charge in [0.15, 0.2) is 0 Å². The van der Waals surface area contributed by atoms with Gasteiger partial charge in [0.1, 0.15) is 11.9 Å². The van der Waals surface area contributed by atoms with E-state index in [1.807, 2.05) is 17.8 Å². The van der Waals surface area contributed by atoms with Gasteiger partial charge in [0.25, 0.3) is 0 Å². The first-order valence-corrected chi connectivity index (χ1v) is 4.79. The minimum Gasteiger partial charge on any atom is -0.385 e. The minimum atomic E-state index is -0.500. The minimum absolute atomic E-state index is 0.340. The van der Waals surface area contributed by atoms with Crippen molar-refractivity contribution in [1.82, 2.24) is 9.55 Å². The van der Waals surface area contributed by atoms with Crippen LogP contribution < -0.4 is 0 Å². The van der Waals surface area contributed by atoms with Gasteiger partial charge in [0, 0.05) is 33.2 Å². The smallest absolute Gasteiger partial charge is 0.137 e. The molecule has 80 valence electrons. The Morgan fingerprint density at radius 2 is 2.36 bits per heavy atom. The molecule has 1 rings (SSSR count). The van der Waals surface area contributed by atoms with Gasteiger partial charge in [-0.1, -0.05) is 6.92 Å². The van der Waals surface area contributed by atoms with Crippen LogP contribution >= 0.6 is 0 Å². The van der Waals surface area contributed by atoms with Gasteiger partial charge in [-0.2, -0.15) is 0 Å². The highest BCUT2D eigenvalue weighted by atomic mass is 16.5. The third-order valence-corrected chi connectivity index (χ3v) is 2.23. The summed E-state index contributed by atoms with van der Waals surface area (Å²) in [6.07, 6.45) is 3.71. The van der Waals surface area contributed by atoms with Crippen molar-refractivity contribution < 1.29 is 9.84 Å². The van der Waals surface area contributed by atoms with Crippen molar-refractivity contribution in [2.24, 2.45) is 13.0 Å². The van der Waals surface area contributed by atoms with Gasteiger partial charge in [-0.15, -0.1) is 0 Å². The summed E-state index contributed by atoms with van der Waals surface area (Å²) in [6, 6.07) is 0. The summed E-state index contributed by atoms with van der Waals surface area (Å²) in [5, 5.41) is 9.85. The van der Waals surface area contributed by atoms with Crippen LogP contribution in [-0.2, 0) is 11.8 Å². The van der Waals surface area contributed by atoms with Gasteiger partial charge in [-0.25, -0.2) is 4.98 Å². The molecule has 4 heteroatoms. The summed E-state index contributed by atoms with van der Waals surface area (Å²) in [5.41, 5.74) is 0. The molecule has 1 N–H and O–H groups in total. The molecule has 0 amide bonds. The van der Waals surface area contributed by atoms with Crippen molar-refractivity contribution in [3.8, 4) is 0 Å². The highest BCUT2D eigenvalue weighted by Crippen LogP contribution is 2.19. The molecule has 0 fully saturated rings. The lowest BCUT2D eigenvalue weighted by Gasteiger charge is -2.15. The predicted molar refractivity (Wildman–Crippen MR) is 53.8 cm³/mol. The Morgan fingerprint density at radius 3 is 2.86 bits per heavy atom. The molecule has 1 aromatic heterocycles. The zero-order chi connectivity index (χ0) is 10.6. The molecule has 2 unspecified atom stereocenters. The Bertz CT molecular complexity index is 273. The second-order valence-electron chi connectivity index (χ2n) is 3.71. The number of aromatic nitrogens is 2. The number of aliphatic hydroxyl groups is 1. The van der Waals surface area contributed by atoms with E-state index in [0.717, 1.165) is 0 Å². The zero-order valence-corrected chi connectivity index (χ0v) is 8.97. The molecule has 0 saturated heterocycles. The number of nitrogens with zero attached hydrogens (tertiary/aromatic N) is 2. The van der Waals surface area contributed by atoms with Gasteiger partial charge in [0.05, 0.1) is 0 Å². The molecule has 0 saturated carbocycles. The van der Waals surface area contributed by atoms with E-state index >= 15 is 0 Å². The monoisotopic (exact) mass is 198 g/mol. The van der Waals surface area contributed by atoms with E-state index in [-0.39, 0.29) is 0 Å². The molecular weight excluding hydrogens is 180 g/mol. The van der Waals surface area contributed by atoms with Crippen LogP contribution in [0, 0.1) is 5.92 Å². The molecule has 0 bridgehead atoms. The lowest BCUT2D eigenvalue weighted by Crippen LogP contribution is -2.12. The molecule has 4 nitrogen and oxygen atoms in total. The van der Waals surface area contributed by atoms with Crippen molar-refractivity contribution in [2.75, 3.05) is 13.7 Å². The molecule has 0 aromatic carbocycles. The number of ether oxygens (including phenoxy) is 1. The Kier molecular flexibility index (Phi) is 4.10. The fourth-order valence-electron chi connectivity index (χ4n) is 1.54. The Balaban J connectivity index is 2.50. The van der Waals surface area contributed by atoms with Crippen molar-refractivity contribution in [2.45, 2.75) is 19.4 Å². The first-order valence-electron chi connectivity index (χ1n) is 4.79. The molecule has 1 heterocycles. The van der Waals surface area contributed by atoms with Gasteiger partial charge in [-0.05, 0) is 12.3 Å². The maximum absolute atomic E-state index is 9.85. The van der Waals surface area contributed by atoms with Gasteiger partial charge < -0.3 is 14.4 Å². The van der Waals surface area contributed by atoms with E-state index in [1.165, 1.54) is 0 Å². The van der Waals surface area contributed by atoms with E-state index in [1.54, 1.807) is 13.3 Å².